The fraction of sp³-hybridized carbons (Fsp3) is 0.222. The first kappa shape index (κ1) is 12.5. The van der Waals surface area contributed by atoms with Crippen molar-refractivity contribution in [1.29, 1.82) is 0 Å². The van der Waals surface area contributed by atoms with Gasteiger partial charge in [-0.1, -0.05) is 30.3 Å². The van der Waals surface area contributed by atoms with Gasteiger partial charge in [0, 0.05) is 48.3 Å². The van der Waals surface area contributed by atoms with Crippen LogP contribution in [0.15, 0.2) is 48.5 Å². The summed E-state index contributed by atoms with van der Waals surface area (Å²) in [6, 6.07) is 16.8. The van der Waals surface area contributed by atoms with Crippen LogP contribution in [0.4, 0.5) is 5.69 Å². The first-order chi connectivity index (χ1) is 10.3. The average molecular weight is 277 g/mol. The highest BCUT2D eigenvalue weighted by Crippen LogP contribution is 2.29. The summed E-state index contributed by atoms with van der Waals surface area (Å²) in [5.74, 6) is 0. The van der Waals surface area contributed by atoms with Crippen molar-refractivity contribution < 1.29 is 0 Å². The molecule has 0 atom stereocenters. The SMILES string of the molecule is Nc1ccc2[nH]c3c(c2c1)CN(Cc1ccccc1)CC3. The van der Waals surface area contributed by atoms with Gasteiger partial charge in [-0.25, -0.2) is 0 Å². The molecule has 3 N–H and O–H groups in total. The van der Waals surface area contributed by atoms with E-state index < -0.39 is 0 Å². The molecule has 0 saturated heterocycles. The molecule has 0 spiro atoms. The molecule has 4 rings (SSSR count). The van der Waals surface area contributed by atoms with Gasteiger partial charge in [0.15, 0.2) is 0 Å². The molecule has 1 aliphatic rings. The quantitative estimate of drug-likeness (QED) is 0.706. The predicted molar refractivity (Wildman–Crippen MR) is 87.0 cm³/mol. The van der Waals surface area contributed by atoms with Crippen molar-refractivity contribution in [1.82, 2.24) is 9.88 Å². The largest absolute Gasteiger partial charge is 0.399 e. The molecule has 3 heteroatoms. The molecule has 0 fully saturated rings. The number of nitrogen functional groups attached to an aromatic ring is 1. The van der Waals surface area contributed by atoms with E-state index in [2.05, 4.69) is 52.3 Å². The Hall–Kier alpha value is -2.26. The van der Waals surface area contributed by atoms with E-state index in [1.54, 1.807) is 0 Å². The molecule has 3 aromatic rings. The number of fused-ring (bicyclic) bond motifs is 3. The highest BCUT2D eigenvalue weighted by atomic mass is 15.1. The summed E-state index contributed by atoms with van der Waals surface area (Å²) in [6.45, 7) is 3.10. The number of aromatic amines is 1. The zero-order chi connectivity index (χ0) is 14.2. The van der Waals surface area contributed by atoms with Gasteiger partial charge < -0.3 is 10.7 Å². The Morgan fingerprint density at radius 2 is 1.95 bits per heavy atom. The normalized spacial score (nSPS) is 15.2. The van der Waals surface area contributed by atoms with Crippen LogP contribution in [0.5, 0.6) is 0 Å². The second kappa shape index (κ2) is 4.93. The van der Waals surface area contributed by atoms with Crippen LogP contribution in [0.1, 0.15) is 16.8 Å². The average Bonchev–Trinajstić information content (AvgIpc) is 2.86. The number of anilines is 1. The third-order valence-electron chi connectivity index (χ3n) is 4.33. The van der Waals surface area contributed by atoms with E-state index in [-0.39, 0.29) is 0 Å². The van der Waals surface area contributed by atoms with Gasteiger partial charge in [0.1, 0.15) is 0 Å². The molecule has 0 amide bonds. The molecule has 1 aromatic heterocycles. The number of H-pyrrole nitrogens is 1. The minimum Gasteiger partial charge on any atom is -0.399 e. The minimum atomic E-state index is 0.837. The Morgan fingerprint density at radius 3 is 2.81 bits per heavy atom. The molecule has 2 aromatic carbocycles. The van der Waals surface area contributed by atoms with Crippen LogP contribution >= 0.6 is 0 Å². The highest BCUT2D eigenvalue weighted by Gasteiger charge is 2.20. The molecular formula is C18H19N3. The first-order valence-electron chi connectivity index (χ1n) is 7.45. The van der Waals surface area contributed by atoms with Gasteiger partial charge in [-0.2, -0.15) is 0 Å². The molecule has 21 heavy (non-hydrogen) atoms. The van der Waals surface area contributed by atoms with E-state index in [1.807, 2.05) is 6.07 Å². The molecule has 0 bridgehead atoms. The molecule has 0 saturated carbocycles. The van der Waals surface area contributed by atoms with E-state index in [0.29, 0.717) is 0 Å². The van der Waals surface area contributed by atoms with Crippen LogP contribution in [-0.4, -0.2) is 16.4 Å². The Morgan fingerprint density at radius 1 is 1.10 bits per heavy atom. The molecule has 0 unspecified atom stereocenters. The molecule has 1 aliphatic heterocycles. The Labute approximate surface area is 124 Å². The van der Waals surface area contributed by atoms with Gasteiger partial charge in [0.2, 0.25) is 0 Å². The summed E-state index contributed by atoms with van der Waals surface area (Å²) >= 11 is 0. The summed E-state index contributed by atoms with van der Waals surface area (Å²) in [6.07, 6.45) is 1.08. The second-order valence-electron chi connectivity index (χ2n) is 5.83. The lowest BCUT2D eigenvalue weighted by molar-refractivity contribution is 0.245. The summed E-state index contributed by atoms with van der Waals surface area (Å²) in [5, 5.41) is 1.28. The predicted octanol–water partition coefficient (Wildman–Crippen LogP) is 3.31. The summed E-state index contributed by atoms with van der Waals surface area (Å²) in [5.41, 5.74) is 12.2. The van der Waals surface area contributed by atoms with Crippen LogP contribution in [0.25, 0.3) is 10.9 Å². The van der Waals surface area contributed by atoms with Crippen molar-refractivity contribution in [2.45, 2.75) is 19.5 Å². The van der Waals surface area contributed by atoms with Crippen LogP contribution in [0.2, 0.25) is 0 Å². The maximum absolute atomic E-state index is 5.95. The minimum absolute atomic E-state index is 0.837. The van der Waals surface area contributed by atoms with Gasteiger partial charge in [-0.3, -0.25) is 4.90 Å². The number of nitrogens with two attached hydrogens (primary N) is 1. The second-order valence-corrected chi connectivity index (χ2v) is 5.83. The maximum Gasteiger partial charge on any atom is 0.0460 e. The van der Waals surface area contributed by atoms with E-state index in [9.17, 15) is 0 Å². The zero-order valence-electron chi connectivity index (χ0n) is 12.0. The van der Waals surface area contributed by atoms with Crippen LogP contribution in [0, 0.1) is 0 Å². The molecular weight excluding hydrogens is 258 g/mol. The zero-order valence-corrected chi connectivity index (χ0v) is 12.0. The Balaban J connectivity index is 1.64. The summed E-state index contributed by atoms with van der Waals surface area (Å²) in [7, 11) is 0. The van der Waals surface area contributed by atoms with Crippen molar-refractivity contribution in [3.8, 4) is 0 Å². The van der Waals surface area contributed by atoms with Gasteiger partial charge in [-0.05, 0) is 29.3 Å². The third-order valence-corrected chi connectivity index (χ3v) is 4.33. The van der Waals surface area contributed by atoms with E-state index in [0.717, 1.165) is 31.7 Å². The van der Waals surface area contributed by atoms with Crippen molar-refractivity contribution in [2.75, 3.05) is 12.3 Å². The molecule has 0 aliphatic carbocycles. The lowest BCUT2D eigenvalue weighted by Crippen LogP contribution is -2.29. The highest BCUT2D eigenvalue weighted by molar-refractivity contribution is 5.87. The van der Waals surface area contributed by atoms with Crippen LogP contribution in [-0.2, 0) is 19.5 Å². The summed E-state index contributed by atoms with van der Waals surface area (Å²) < 4.78 is 0. The Kier molecular flexibility index (Phi) is 2.93. The van der Waals surface area contributed by atoms with Gasteiger partial charge in [-0.15, -0.1) is 0 Å². The van der Waals surface area contributed by atoms with Crippen molar-refractivity contribution in [2.24, 2.45) is 0 Å². The van der Waals surface area contributed by atoms with E-state index in [4.69, 9.17) is 5.73 Å². The number of aromatic nitrogens is 1. The lowest BCUT2D eigenvalue weighted by atomic mass is 10.0. The van der Waals surface area contributed by atoms with E-state index >= 15 is 0 Å². The number of nitrogens with zero attached hydrogens (tertiary/aromatic N) is 1. The standard InChI is InChI=1S/C18H19N3/c19-14-6-7-17-15(10-14)16-12-21(9-8-18(16)20-17)11-13-4-2-1-3-5-13/h1-7,10,20H,8-9,11-12,19H2. The van der Waals surface area contributed by atoms with Crippen molar-refractivity contribution in [3.63, 3.8) is 0 Å². The number of hydrogen-bond acceptors (Lipinski definition) is 2. The van der Waals surface area contributed by atoms with Gasteiger partial charge in [0.25, 0.3) is 0 Å². The fourth-order valence-corrected chi connectivity index (χ4v) is 3.26. The number of hydrogen-bond donors (Lipinski definition) is 2. The monoisotopic (exact) mass is 277 g/mol. The topological polar surface area (TPSA) is 45.1 Å². The van der Waals surface area contributed by atoms with Crippen molar-refractivity contribution >= 4 is 16.6 Å². The van der Waals surface area contributed by atoms with Gasteiger partial charge >= 0.3 is 0 Å². The number of nitrogens with one attached hydrogen (secondary N) is 1. The fourth-order valence-electron chi connectivity index (χ4n) is 3.26. The number of rotatable bonds is 2. The molecule has 2 heterocycles. The van der Waals surface area contributed by atoms with Crippen molar-refractivity contribution in [3.05, 3.63) is 65.4 Å². The molecule has 0 radical (unpaired) electrons. The third kappa shape index (κ3) is 2.30. The van der Waals surface area contributed by atoms with Gasteiger partial charge in [0.05, 0.1) is 0 Å². The van der Waals surface area contributed by atoms with E-state index in [1.165, 1.54) is 27.7 Å². The smallest absolute Gasteiger partial charge is 0.0460 e. The van der Waals surface area contributed by atoms with Crippen LogP contribution < -0.4 is 5.73 Å². The van der Waals surface area contributed by atoms with Crippen LogP contribution in [0.3, 0.4) is 0 Å². The summed E-state index contributed by atoms with van der Waals surface area (Å²) in [4.78, 5) is 6.05. The molecule has 106 valence electrons. The number of benzene rings is 2. The first-order valence-corrected chi connectivity index (χ1v) is 7.45. The Bertz CT molecular complexity index is 774. The maximum atomic E-state index is 5.95. The lowest BCUT2D eigenvalue weighted by Gasteiger charge is -2.27. The molecule has 3 nitrogen and oxygen atoms in total.